The summed E-state index contributed by atoms with van der Waals surface area (Å²) in [6.07, 6.45) is -4.46. The highest BCUT2D eigenvalue weighted by Gasteiger charge is 2.30. The van der Waals surface area contributed by atoms with Gasteiger partial charge in [-0.15, -0.1) is 0 Å². The summed E-state index contributed by atoms with van der Waals surface area (Å²) in [4.78, 5) is 4.74. The van der Waals surface area contributed by atoms with Gasteiger partial charge in [0, 0.05) is 11.9 Å². The van der Waals surface area contributed by atoms with Gasteiger partial charge in [0.1, 0.15) is 11.0 Å². The molecule has 0 radical (unpaired) electrons. The summed E-state index contributed by atoms with van der Waals surface area (Å²) >= 11 is 0. The minimum atomic E-state index is -4.46. The van der Waals surface area contributed by atoms with E-state index in [0.717, 1.165) is 17.5 Å². The number of hydrogen-bond acceptors (Lipinski definition) is 5. The fourth-order valence-electron chi connectivity index (χ4n) is 2.73. The number of nitrogens with zero attached hydrogens (tertiary/aromatic N) is 1. The minimum Gasteiger partial charge on any atom is -0.395 e. The average Bonchev–Trinajstić information content (AvgIpc) is 2.74. The molecule has 0 aliphatic carbocycles. The maximum atomic E-state index is 12.7. The van der Waals surface area contributed by atoms with Crippen LogP contribution in [0.25, 0.3) is 10.9 Å². The molecule has 0 saturated carbocycles. The quantitative estimate of drug-likeness (QED) is 0.433. The Morgan fingerprint density at radius 2 is 1.70 bits per heavy atom. The predicted molar refractivity (Wildman–Crippen MR) is 108 cm³/mol. The number of pyridine rings is 1. The van der Waals surface area contributed by atoms with Crippen LogP contribution >= 0.6 is 0 Å². The monoisotopic (exact) mass is 439 g/mol. The summed E-state index contributed by atoms with van der Waals surface area (Å²) in [5.74, 6) is 0. The van der Waals surface area contributed by atoms with Crippen LogP contribution in [0, 0.1) is 0 Å². The molecule has 3 aromatic rings. The molecule has 0 aliphatic heterocycles. The Morgan fingerprint density at radius 1 is 1.00 bits per heavy atom. The molecule has 0 saturated heterocycles. The van der Waals surface area contributed by atoms with Crippen molar-refractivity contribution in [1.29, 1.82) is 0 Å². The first kappa shape index (κ1) is 22.2. The van der Waals surface area contributed by atoms with Crippen molar-refractivity contribution in [3.8, 4) is 0 Å². The maximum Gasteiger partial charge on any atom is 0.416 e. The zero-order valence-electron chi connectivity index (χ0n) is 15.7. The second kappa shape index (κ2) is 9.52. The summed E-state index contributed by atoms with van der Waals surface area (Å²) in [7, 11) is -1.79. The van der Waals surface area contributed by atoms with Gasteiger partial charge in [-0.2, -0.15) is 13.2 Å². The third-order valence-corrected chi connectivity index (χ3v) is 5.49. The molecule has 1 unspecified atom stereocenters. The molecule has 6 nitrogen and oxygen atoms in total. The zero-order valence-corrected chi connectivity index (χ0v) is 16.5. The number of aromatic nitrogens is 1. The van der Waals surface area contributed by atoms with Crippen molar-refractivity contribution in [3.63, 3.8) is 0 Å². The molecule has 160 valence electrons. The van der Waals surface area contributed by atoms with Gasteiger partial charge in [-0.3, -0.25) is 4.72 Å². The molecule has 4 N–H and O–H groups in total. The lowest BCUT2D eigenvalue weighted by Crippen LogP contribution is -2.35. The number of benzene rings is 2. The van der Waals surface area contributed by atoms with Gasteiger partial charge in [0.05, 0.1) is 46.6 Å². The number of aliphatic hydroxyl groups excluding tert-OH is 2. The van der Waals surface area contributed by atoms with Gasteiger partial charge in [-0.25, -0.2) is 9.19 Å². The second-order valence-electron chi connectivity index (χ2n) is 6.52. The molecule has 30 heavy (non-hydrogen) atoms. The number of para-hydroxylation sites is 1. The SMILES string of the molecule is O=S(Nc1cccc2ccc(CNC(CO)CO)nc12)c1ccc(C(F)(F)F)cc1. The normalized spacial score (nSPS) is 13.0. The van der Waals surface area contributed by atoms with Crippen LogP contribution in [0.4, 0.5) is 18.9 Å². The summed E-state index contributed by atoms with van der Waals surface area (Å²) in [6, 6.07) is 12.5. The molecule has 2 aromatic carbocycles. The Hall–Kier alpha value is -2.53. The number of anilines is 1. The highest BCUT2D eigenvalue weighted by atomic mass is 32.2. The van der Waals surface area contributed by atoms with E-state index in [4.69, 9.17) is 10.2 Å². The van der Waals surface area contributed by atoms with E-state index < -0.39 is 28.8 Å². The Labute approximate surface area is 173 Å². The molecule has 0 aliphatic rings. The Bertz CT molecular complexity index is 1030. The van der Waals surface area contributed by atoms with Crippen LogP contribution in [0.5, 0.6) is 0 Å². The van der Waals surface area contributed by atoms with Gasteiger partial charge in [-0.1, -0.05) is 18.2 Å². The molecule has 0 bridgehead atoms. The minimum absolute atomic E-state index is 0.201. The third kappa shape index (κ3) is 5.33. The Morgan fingerprint density at radius 3 is 2.33 bits per heavy atom. The number of alkyl halides is 3. The van der Waals surface area contributed by atoms with E-state index in [1.807, 2.05) is 12.1 Å². The van der Waals surface area contributed by atoms with E-state index in [-0.39, 0.29) is 18.1 Å². The van der Waals surface area contributed by atoms with Crippen LogP contribution in [0.2, 0.25) is 0 Å². The molecule has 0 fully saturated rings. The Balaban J connectivity index is 1.81. The Kier molecular flexibility index (Phi) is 7.03. The third-order valence-electron chi connectivity index (χ3n) is 4.39. The van der Waals surface area contributed by atoms with Crippen molar-refractivity contribution in [3.05, 3.63) is 65.9 Å². The van der Waals surface area contributed by atoms with Crippen LogP contribution in [-0.2, 0) is 23.7 Å². The summed E-state index contributed by atoms with van der Waals surface area (Å²) < 4.78 is 53.5. The van der Waals surface area contributed by atoms with Gasteiger partial charge in [0.25, 0.3) is 0 Å². The second-order valence-corrected chi connectivity index (χ2v) is 7.73. The standard InChI is InChI=1S/C20H20F3N3O3S/c21-20(22,23)14-5-8-17(9-6-14)30(29)26-18-3-1-2-13-4-7-15(25-19(13)18)10-24-16(11-27)12-28/h1-9,16,24,26-28H,10-12H2. The molecule has 0 amide bonds. The van der Waals surface area contributed by atoms with Crippen LogP contribution in [0.3, 0.4) is 0 Å². The molecule has 0 spiro atoms. The van der Waals surface area contributed by atoms with Gasteiger partial charge >= 0.3 is 6.18 Å². The molecule has 1 atom stereocenters. The molecule has 1 heterocycles. The van der Waals surface area contributed by atoms with Gasteiger partial charge in [-0.05, 0) is 36.4 Å². The van der Waals surface area contributed by atoms with E-state index in [1.54, 1.807) is 18.2 Å². The fourth-order valence-corrected chi connectivity index (χ4v) is 3.60. The maximum absolute atomic E-state index is 12.7. The summed E-state index contributed by atoms with van der Waals surface area (Å²) in [5, 5.41) is 22.0. The molecule has 1 aromatic heterocycles. The zero-order chi connectivity index (χ0) is 21.7. The molecule has 3 rings (SSSR count). The number of rotatable bonds is 8. The summed E-state index contributed by atoms with van der Waals surface area (Å²) in [6.45, 7) is -0.135. The number of hydrogen-bond donors (Lipinski definition) is 4. The number of fused-ring (bicyclic) bond motifs is 1. The molecular formula is C20H20F3N3O3S. The smallest absolute Gasteiger partial charge is 0.395 e. The van der Waals surface area contributed by atoms with E-state index in [2.05, 4.69) is 15.0 Å². The van der Waals surface area contributed by atoms with Crippen molar-refractivity contribution in [2.75, 3.05) is 17.9 Å². The molecular weight excluding hydrogens is 419 g/mol. The highest BCUT2D eigenvalue weighted by molar-refractivity contribution is 7.86. The van der Waals surface area contributed by atoms with Crippen LogP contribution in [-0.4, -0.2) is 38.7 Å². The lowest BCUT2D eigenvalue weighted by Gasteiger charge is -2.14. The van der Waals surface area contributed by atoms with Crippen molar-refractivity contribution in [1.82, 2.24) is 10.3 Å². The summed E-state index contributed by atoms with van der Waals surface area (Å²) in [5.41, 5.74) is 0.843. The van der Waals surface area contributed by atoms with Gasteiger partial charge in [0.15, 0.2) is 0 Å². The largest absolute Gasteiger partial charge is 0.416 e. The first-order valence-corrected chi connectivity index (χ1v) is 10.2. The van der Waals surface area contributed by atoms with E-state index in [9.17, 15) is 17.4 Å². The lowest BCUT2D eigenvalue weighted by atomic mass is 10.1. The van der Waals surface area contributed by atoms with Crippen molar-refractivity contribution < 1.29 is 27.6 Å². The van der Waals surface area contributed by atoms with Crippen LogP contribution in [0.15, 0.2) is 59.5 Å². The highest BCUT2D eigenvalue weighted by Crippen LogP contribution is 2.30. The number of halogens is 3. The average molecular weight is 439 g/mol. The molecule has 10 heteroatoms. The van der Waals surface area contributed by atoms with E-state index in [1.165, 1.54) is 12.1 Å². The van der Waals surface area contributed by atoms with Crippen LogP contribution < -0.4 is 10.0 Å². The first-order valence-electron chi connectivity index (χ1n) is 9.01. The predicted octanol–water partition coefficient (Wildman–Crippen LogP) is 2.83. The number of nitrogens with one attached hydrogen (secondary N) is 2. The van der Waals surface area contributed by atoms with Gasteiger partial charge in [0.2, 0.25) is 0 Å². The van der Waals surface area contributed by atoms with E-state index in [0.29, 0.717) is 23.4 Å². The first-order chi connectivity index (χ1) is 14.3. The lowest BCUT2D eigenvalue weighted by molar-refractivity contribution is -0.137. The van der Waals surface area contributed by atoms with Gasteiger partial charge < -0.3 is 15.5 Å². The fraction of sp³-hybridized carbons (Fsp3) is 0.250. The van der Waals surface area contributed by atoms with Crippen molar-refractivity contribution >= 4 is 27.6 Å². The van der Waals surface area contributed by atoms with Crippen molar-refractivity contribution in [2.24, 2.45) is 0 Å². The topological polar surface area (TPSA) is 94.5 Å². The van der Waals surface area contributed by atoms with Crippen molar-refractivity contribution in [2.45, 2.75) is 23.7 Å². The number of aliphatic hydroxyl groups is 2. The van der Waals surface area contributed by atoms with Crippen LogP contribution in [0.1, 0.15) is 11.3 Å². The van der Waals surface area contributed by atoms with E-state index >= 15 is 0 Å².